The molecule has 1 aliphatic rings. The molecule has 5 nitrogen and oxygen atoms in total. The summed E-state index contributed by atoms with van der Waals surface area (Å²) in [6, 6.07) is 19.6. The smallest absolute Gasteiger partial charge is 0.264 e. The number of aliphatic imine (C=N–C) groups is 1. The van der Waals surface area contributed by atoms with Gasteiger partial charge in [0.25, 0.3) is 5.91 Å². The van der Waals surface area contributed by atoms with Crippen molar-refractivity contribution in [2.24, 2.45) is 4.99 Å². The molecule has 0 unspecified atom stereocenters. The molecule has 0 saturated carbocycles. The fraction of sp³-hybridized carbons (Fsp3) is 0.0833. The van der Waals surface area contributed by atoms with Gasteiger partial charge in [0.1, 0.15) is 18.1 Å². The van der Waals surface area contributed by atoms with E-state index in [1.165, 1.54) is 6.07 Å². The first-order valence-electron chi connectivity index (χ1n) is 9.62. The minimum absolute atomic E-state index is 0.167. The minimum Gasteiger partial charge on any atom is -0.493 e. The zero-order chi connectivity index (χ0) is 22.5. The predicted molar refractivity (Wildman–Crippen MR) is 129 cm³/mol. The molecule has 32 heavy (non-hydrogen) atoms. The molecule has 3 aromatic carbocycles. The van der Waals surface area contributed by atoms with Crippen molar-refractivity contribution in [3.05, 3.63) is 93.1 Å². The van der Waals surface area contributed by atoms with Gasteiger partial charge in [-0.3, -0.25) is 4.79 Å². The van der Waals surface area contributed by atoms with Crippen molar-refractivity contribution in [3.8, 4) is 11.5 Å². The summed E-state index contributed by atoms with van der Waals surface area (Å²) in [6.07, 6.45) is 1.72. The summed E-state index contributed by atoms with van der Waals surface area (Å²) in [5, 5.41) is 2.98. The largest absolute Gasteiger partial charge is 0.493 e. The lowest BCUT2D eigenvalue weighted by molar-refractivity contribution is -0.115. The summed E-state index contributed by atoms with van der Waals surface area (Å²) >= 11 is 4.68. The van der Waals surface area contributed by atoms with Crippen molar-refractivity contribution in [3.63, 3.8) is 0 Å². The Labute approximate surface area is 197 Å². The number of amides is 1. The van der Waals surface area contributed by atoms with E-state index in [0.29, 0.717) is 32.7 Å². The number of para-hydroxylation sites is 1. The molecule has 4 rings (SSSR count). The number of rotatable bonds is 6. The summed E-state index contributed by atoms with van der Waals surface area (Å²) in [6.45, 7) is 0.393. The number of nitrogens with one attached hydrogen (secondary N) is 1. The van der Waals surface area contributed by atoms with Crippen molar-refractivity contribution < 1.29 is 18.7 Å². The second kappa shape index (κ2) is 10.0. The van der Waals surface area contributed by atoms with Gasteiger partial charge in [-0.1, -0.05) is 42.5 Å². The molecular formula is C24H18BrFN2O3S. The van der Waals surface area contributed by atoms with E-state index in [9.17, 15) is 9.18 Å². The van der Waals surface area contributed by atoms with Crippen LogP contribution in [-0.2, 0) is 11.4 Å². The quantitative estimate of drug-likeness (QED) is 0.407. The monoisotopic (exact) mass is 512 g/mol. The van der Waals surface area contributed by atoms with Crippen LogP contribution in [0.1, 0.15) is 11.1 Å². The highest BCUT2D eigenvalue weighted by Gasteiger charge is 2.24. The van der Waals surface area contributed by atoms with Crippen molar-refractivity contribution >= 4 is 50.5 Å². The normalized spacial score (nSPS) is 15.8. The van der Waals surface area contributed by atoms with Crippen LogP contribution < -0.4 is 14.8 Å². The van der Waals surface area contributed by atoms with Crippen molar-refractivity contribution in [2.45, 2.75) is 6.61 Å². The van der Waals surface area contributed by atoms with Crippen molar-refractivity contribution in [2.75, 3.05) is 7.11 Å². The van der Waals surface area contributed by atoms with Crippen molar-refractivity contribution in [1.29, 1.82) is 0 Å². The molecule has 1 fully saturated rings. The van der Waals surface area contributed by atoms with Crippen LogP contribution in [0.5, 0.6) is 11.5 Å². The fourth-order valence-corrected chi connectivity index (χ4v) is 4.39. The number of ether oxygens (including phenoxy) is 2. The van der Waals surface area contributed by atoms with Crippen LogP contribution in [-0.4, -0.2) is 18.2 Å². The van der Waals surface area contributed by atoms with E-state index in [1.54, 1.807) is 37.5 Å². The number of amidine groups is 1. The van der Waals surface area contributed by atoms with Gasteiger partial charge < -0.3 is 14.8 Å². The number of methoxy groups -OCH3 is 1. The molecular weight excluding hydrogens is 495 g/mol. The molecule has 1 saturated heterocycles. The third-order valence-electron chi connectivity index (χ3n) is 4.50. The maximum atomic E-state index is 13.8. The van der Waals surface area contributed by atoms with Crippen LogP contribution in [0.3, 0.4) is 0 Å². The zero-order valence-electron chi connectivity index (χ0n) is 17.0. The molecule has 162 valence electrons. The summed E-state index contributed by atoms with van der Waals surface area (Å²) in [7, 11) is 1.56. The summed E-state index contributed by atoms with van der Waals surface area (Å²) < 4.78 is 26.0. The maximum Gasteiger partial charge on any atom is 0.264 e. The molecule has 8 heteroatoms. The Bertz CT molecular complexity index is 1220. The zero-order valence-corrected chi connectivity index (χ0v) is 19.4. The van der Waals surface area contributed by atoms with E-state index in [4.69, 9.17) is 9.47 Å². The third kappa shape index (κ3) is 5.20. The number of carbonyl (C=O) groups is 1. The minimum atomic E-state index is -0.452. The number of hydrogen-bond acceptors (Lipinski definition) is 5. The Morgan fingerprint density at radius 1 is 1.12 bits per heavy atom. The van der Waals surface area contributed by atoms with Crippen LogP contribution in [0.2, 0.25) is 0 Å². The number of halogens is 2. The first-order valence-corrected chi connectivity index (χ1v) is 11.2. The molecule has 1 amide bonds. The maximum absolute atomic E-state index is 13.8. The van der Waals surface area contributed by atoms with Gasteiger partial charge in [-0.25, -0.2) is 9.38 Å². The average Bonchev–Trinajstić information content (AvgIpc) is 3.13. The predicted octanol–water partition coefficient (Wildman–Crippen LogP) is 6.07. The molecule has 0 aliphatic carbocycles. The Balaban J connectivity index is 1.55. The second-order valence-corrected chi connectivity index (χ2v) is 8.63. The fourth-order valence-electron chi connectivity index (χ4n) is 2.98. The Morgan fingerprint density at radius 3 is 2.62 bits per heavy atom. The second-order valence-electron chi connectivity index (χ2n) is 6.74. The van der Waals surface area contributed by atoms with E-state index >= 15 is 0 Å². The van der Waals surface area contributed by atoms with Gasteiger partial charge >= 0.3 is 0 Å². The first-order chi connectivity index (χ1) is 15.5. The molecule has 0 bridgehead atoms. The van der Waals surface area contributed by atoms with Gasteiger partial charge in [0.15, 0.2) is 16.7 Å². The van der Waals surface area contributed by atoms with Crippen LogP contribution in [0.4, 0.5) is 10.1 Å². The highest BCUT2D eigenvalue weighted by atomic mass is 79.9. The number of thioether (sulfide) groups is 1. The van der Waals surface area contributed by atoms with Crippen LogP contribution in [0.25, 0.3) is 6.08 Å². The van der Waals surface area contributed by atoms with Gasteiger partial charge in [-0.05, 0) is 69.2 Å². The number of nitrogens with zero attached hydrogens (tertiary/aromatic N) is 1. The summed E-state index contributed by atoms with van der Waals surface area (Å²) in [5.41, 5.74) is 1.94. The molecule has 3 aromatic rings. The van der Waals surface area contributed by atoms with Gasteiger partial charge in [-0.2, -0.15) is 0 Å². The lowest BCUT2D eigenvalue weighted by Gasteiger charge is -2.13. The van der Waals surface area contributed by atoms with Crippen LogP contribution in [0, 0.1) is 5.82 Å². The average molecular weight is 513 g/mol. The van der Waals surface area contributed by atoms with Gasteiger partial charge in [-0.15, -0.1) is 0 Å². The van der Waals surface area contributed by atoms with Gasteiger partial charge in [0, 0.05) is 0 Å². The van der Waals surface area contributed by atoms with E-state index in [2.05, 4.69) is 26.2 Å². The van der Waals surface area contributed by atoms with E-state index < -0.39 is 5.82 Å². The number of carbonyl (C=O) groups excluding carboxylic acids is 1. The molecule has 0 atom stereocenters. The SMILES string of the molecule is COc1cc(/C=C2\SC(=Nc3ccccc3F)NC2=O)cc(Br)c1OCc1ccccc1. The van der Waals surface area contributed by atoms with E-state index in [0.717, 1.165) is 22.9 Å². The lowest BCUT2D eigenvalue weighted by Crippen LogP contribution is -2.19. The molecule has 1 heterocycles. The standard InChI is InChI=1S/C24H18BrFN2O3S/c1-30-20-12-16(11-17(25)22(20)31-14-15-7-3-2-4-8-15)13-21-23(29)28-24(32-21)27-19-10-6-5-9-18(19)26/h2-13H,14H2,1H3,(H,27,28,29)/b21-13-. The van der Waals surface area contributed by atoms with Gasteiger partial charge in [0.05, 0.1) is 16.5 Å². The van der Waals surface area contributed by atoms with Crippen molar-refractivity contribution in [1.82, 2.24) is 5.32 Å². The van der Waals surface area contributed by atoms with E-state index in [-0.39, 0.29) is 11.6 Å². The molecule has 0 radical (unpaired) electrons. The molecule has 1 N–H and O–H groups in total. The number of hydrogen-bond donors (Lipinski definition) is 1. The molecule has 0 spiro atoms. The first kappa shape index (κ1) is 22.1. The highest BCUT2D eigenvalue weighted by Crippen LogP contribution is 2.39. The number of benzene rings is 3. The Morgan fingerprint density at radius 2 is 1.88 bits per heavy atom. The topological polar surface area (TPSA) is 59.9 Å². The summed E-state index contributed by atoms with van der Waals surface area (Å²) in [5.74, 6) is 0.353. The highest BCUT2D eigenvalue weighted by molar-refractivity contribution is 9.10. The third-order valence-corrected chi connectivity index (χ3v) is 6.00. The molecule has 1 aliphatic heterocycles. The lowest BCUT2D eigenvalue weighted by atomic mass is 10.2. The Hall–Kier alpha value is -3.10. The molecule has 0 aromatic heterocycles. The van der Waals surface area contributed by atoms with E-state index in [1.807, 2.05) is 36.4 Å². The van der Waals surface area contributed by atoms with Crippen LogP contribution in [0.15, 0.2) is 81.1 Å². The Kier molecular flexibility index (Phi) is 6.92. The van der Waals surface area contributed by atoms with Gasteiger partial charge in [0.2, 0.25) is 0 Å². The van der Waals surface area contributed by atoms with Crippen LogP contribution >= 0.6 is 27.7 Å². The summed E-state index contributed by atoms with van der Waals surface area (Å²) in [4.78, 5) is 17.0.